The van der Waals surface area contributed by atoms with E-state index in [4.69, 9.17) is 21.1 Å². The number of hydrogen-bond acceptors (Lipinski definition) is 5. The van der Waals surface area contributed by atoms with Gasteiger partial charge in [-0.05, 0) is 134 Å². The molecule has 0 amide bonds. The SMILES string of the molecule is C=C(C)[C@@H]1CC[C@]2(C(=O)Cl)CC[C@]3(C)C(CCC4[C@@]5(C)CC[C@H](OC(=O)CC(C)(C)CC(=O)OC)C(C)(C)C5CC[C@]43C)C12. The Morgan fingerprint density at radius 3 is 2.09 bits per heavy atom. The Morgan fingerprint density at radius 1 is 0.818 bits per heavy atom. The Balaban J connectivity index is 1.38. The molecule has 10 atom stereocenters. The molecule has 0 N–H and O–H groups in total. The van der Waals surface area contributed by atoms with Gasteiger partial charge in [0.15, 0.2) is 0 Å². The van der Waals surface area contributed by atoms with Gasteiger partial charge in [-0.3, -0.25) is 14.4 Å². The lowest BCUT2D eigenvalue weighted by atomic mass is 9.32. The third kappa shape index (κ3) is 4.94. The molecule has 0 saturated heterocycles. The van der Waals surface area contributed by atoms with Gasteiger partial charge in [-0.25, -0.2) is 0 Å². The van der Waals surface area contributed by atoms with Crippen molar-refractivity contribution >= 4 is 28.8 Å². The predicted octanol–water partition coefficient (Wildman–Crippen LogP) is 9.30. The minimum absolute atomic E-state index is 0.0976. The maximum atomic E-state index is 13.2. The van der Waals surface area contributed by atoms with Gasteiger partial charge in [0.2, 0.25) is 5.24 Å². The van der Waals surface area contributed by atoms with Crippen LogP contribution in [-0.2, 0) is 23.9 Å². The average Bonchev–Trinajstić information content (AvgIpc) is 3.31. The van der Waals surface area contributed by atoms with Gasteiger partial charge in [0.1, 0.15) is 6.10 Å². The van der Waals surface area contributed by atoms with Crippen molar-refractivity contribution in [3.05, 3.63) is 12.2 Å². The quantitative estimate of drug-likeness (QED) is 0.159. The number of hydrogen-bond donors (Lipinski definition) is 0. The van der Waals surface area contributed by atoms with E-state index in [0.29, 0.717) is 29.6 Å². The Morgan fingerprint density at radius 2 is 1.48 bits per heavy atom. The van der Waals surface area contributed by atoms with Crippen LogP contribution in [0.25, 0.3) is 0 Å². The van der Waals surface area contributed by atoms with Crippen molar-refractivity contribution in [3.63, 3.8) is 0 Å². The number of esters is 2. The number of methoxy groups -OCH3 is 1. The van der Waals surface area contributed by atoms with E-state index in [0.717, 1.165) is 51.4 Å². The first-order valence-electron chi connectivity index (χ1n) is 17.4. The monoisotopic (exact) mass is 630 g/mol. The molecule has 0 bridgehead atoms. The summed E-state index contributed by atoms with van der Waals surface area (Å²) in [5.41, 5.74) is 0.700. The Hall–Kier alpha value is -1.36. The molecule has 0 spiro atoms. The van der Waals surface area contributed by atoms with E-state index in [1.807, 2.05) is 13.8 Å². The second-order valence-electron chi connectivity index (χ2n) is 18.0. The first kappa shape index (κ1) is 34.0. The molecule has 0 aromatic rings. The van der Waals surface area contributed by atoms with Gasteiger partial charge in [-0.1, -0.05) is 60.6 Å². The first-order valence-corrected chi connectivity index (χ1v) is 17.8. The predicted molar refractivity (Wildman–Crippen MR) is 175 cm³/mol. The number of carbonyl (C=O) groups is 3. The lowest BCUT2D eigenvalue weighted by Crippen LogP contribution is -2.67. The molecule has 0 aliphatic heterocycles. The smallest absolute Gasteiger partial charge is 0.306 e. The summed E-state index contributed by atoms with van der Waals surface area (Å²) in [6, 6.07) is 0. The van der Waals surface area contributed by atoms with Crippen LogP contribution >= 0.6 is 11.6 Å². The van der Waals surface area contributed by atoms with Crippen molar-refractivity contribution < 1.29 is 23.9 Å². The van der Waals surface area contributed by atoms with Crippen molar-refractivity contribution in [2.75, 3.05) is 7.11 Å². The van der Waals surface area contributed by atoms with Gasteiger partial charge >= 0.3 is 11.9 Å². The van der Waals surface area contributed by atoms with E-state index in [2.05, 4.69) is 48.1 Å². The van der Waals surface area contributed by atoms with Crippen LogP contribution in [-0.4, -0.2) is 30.4 Å². The van der Waals surface area contributed by atoms with Gasteiger partial charge in [0.25, 0.3) is 0 Å². The minimum Gasteiger partial charge on any atom is -0.469 e. The van der Waals surface area contributed by atoms with Crippen LogP contribution < -0.4 is 0 Å². The van der Waals surface area contributed by atoms with Crippen LogP contribution in [0, 0.1) is 62.1 Å². The fourth-order valence-electron chi connectivity index (χ4n) is 12.8. The minimum atomic E-state index is -0.508. The maximum Gasteiger partial charge on any atom is 0.306 e. The molecule has 44 heavy (non-hydrogen) atoms. The third-order valence-electron chi connectivity index (χ3n) is 15.1. The Kier molecular flexibility index (Phi) is 8.59. The summed E-state index contributed by atoms with van der Waals surface area (Å²) < 4.78 is 11.1. The van der Waals surface area contributed by atoms with Crippen molar-refractivity contribution in [2.45, 2.75) is 139 Å². The highest BCUT2D eigenvalue weighted by atomic mass is 35.5. The molecule has 0 heterocycles. The molecule has 5 aliphatic rings. The highest BCUT2D eigenvalue weighted by Crippen LogP contribution is 2.77. The topological polar surface area (TPSA) is 69.7 Å². The van der Waals surface area contributed by atoms with Crippen LogP contribution in [0.5, 0.6) is 0 Å². The standard InChI is InChI=1S/C38H59ClO5/c1-23(2)24-13-18-38(32(39)42)20-19-36(8)25(31(24)38)11-12-27-35(7)16-15-28(34(5,6)26(35)14-17-37(27,36)9)44-30(41)22-33(3,4)21-29(40)43-10/h24-28,31H,1,11-22H2,2-10H3/t24-,25?,26?,27?,28-,31?,35-,36+,37+,38-/m0/s1. The molecular weight excluding hydrogens is 572 g/mol. The Bertz CT molecular complexity index is 1210. The van der Waals surface area contributed by atoms with Crippen molar-refractivity contribution in [2.24, 2.45) is 62.1 Å². The number of rotatable bonds is 7. The largest absolute Gasteiger partial charge is 0.469 e. The lowest BCUT2D eigenvalue weighted by molar-refractivity contribution is -0.248. The number of carbonyl (C=O) groups excluding carboxylic acids is 3. The summed E-state index contributed by atoms with van der Waals surface area (Å²) in [5.74, 6) is 1.73. The van der Waals surface area contributed by atoms with E-state index in [9.17, 15) is 14.4 Å². The van der Waals surface area contributed by atoms with Crippen molar-refractivity contribution in [1.29, 1.82) is 0 Å². The number of allylic oxidation sites excluding steroid dienone is 1. The zero-order valence-electron chi connectivity index (χ0n) is 29.1. The number of halogens is 1. The van der Waals surface area contributed by atoms with Crippen LogP contribution in [0.2, 0.25) is 0 Å². The number of fused-ring (bicyclic) bond motifs is 7. The maximum absolute atomic E-state index is 13.2. The third-order valence-corrected chi connectivity index (χ3v) is 15.5. The first-order chi connectivity index (χ1) is 20.3. The molecular formula is C38H59ClO5. The average molecular weight is 631 g/mol. The van der Waals surface area contributed by atoms with E-state index in [1.165, 1.54) is 25.5 Å². The van der Waals surface area contributed by atoms with Crippen molar-refractivity contribution in [3.8, 4) is 0 Å². The fraction of sp³-hybridized carbons (Fsp3) is 0.868. The van der Waals surface area contributed by atoms with Crippen LogP contribution in [0.4, 0.5) is 0 Å². The molecule has 248 valence electrons. The molecule has 6 heteroatoms. The molecule has 5 saturated carbocycles. The van der Waals surface area contributed by atoms with E-state index in [-0.39, 0.29) is 63.2 Å². The summed E-state index contributed by atoms with van der Waals surface area (Å²) in [4.78, 5) is 38.3. The molecule has 5 rings (SSSR count). The summed E-state index contributed by atoms with van der Waals surface area (Å²) >= 11 is 6.50. The Labute approximate surface area is 272 Å². The second-order valence-corrected chi connectivity index (χ2v) is 18.4. The number of ether oxygens (including phenoxy) is 2. The summed E-state index contributed by atoms with van der Waals surface area (Å²) in [5, 5.41) is -0.0976. The summed E-state index contributed by atoms with van der Waals surface area (Å²) in [6.07, 6.45) is 10.8. The molecule has 4 unspecified atom stereocenters. The van der Waals surface area contributed by atoms with Gasteiger partial charge in [0, 0.05) is 10.8 Å². The summed E-state index contributed by atoms with van der Waals surface area (Å²) in [6.45, 7) is 22.8. The van der Waals surface area contributed by atoms with Gasteiger partial charge in [-0.15, -0.1) is 0 Å². The lowest BCUT2D eigenvalue weighted by Gasteiger charge is -2.72. The van der Waals surface area contributed by atoms with Gasteiger partial charge < -0.3 is 9.47 Å². The zero-order chi connectivity index (χ0) is 32.7. The molecule has 0 radical (unpaired) electrons. The van der Waals surface area contributed by atoms with E-state index in [1.54, 1.807) is 0 Å². The van der Waals surface area contributed by atoms with Crippen LogP contribution in [0.3, 0.4) is 0 Å². The zero-order valence-corrected chi connectivity index (χ0v) is 29.8. The molecule has 5 nitrogen and oxygen atoms in total. The van der Waals surface area contributed by atoms with Crippen molar-refractivity contribution in [1.82, 2.24) is 0 Å². The summed E-state index contributed by atoms with van der Waals surface area (Å²) in [7, 11) is 1.39. The van der Waals surface area contributed by atoms with E-state index >= 15 is 0 Å². The van der Waals surface area contributed by atoms with Gasteiger partial charge in [-0.2, -0.15) is 0 Å². The molecule has 5 fully saturated rings. The normalized spacial score (nSPS) is 44.3. The van der Waals surface area contributed by atoms with Crippen LogP contribution in [0.1, 0.15) is 132 Å². The molecule has 5 aliphatic carbocycles. The highest BCUT2D eigenvalue weighted by molar-refractivity contribution is 6.64. The highest BCUT2D eigenvalue weighted by Gasteiger charge is 2.72. The molecule has 0 aromatic heterocycles. The van der Waals surface area contributed by atoms with Gasteiger partial charge in [0.05, 0.1) is 20.0 Å². The molecule has 0 aromatic carbocycles. The second kappa shape index (κ2) is 11.1. The van der Waals surface area contributed by atoms with Crippen LogP contribution in [0.15, 0.2) is 12.2 Å². The van der Waals surface area contributed by atoms with E-state index < -0.39 is 5.41 Å². The fourth-order valence-corrected chi connectivity index (χ4v) is 13.1.